The van der Waals surface area contributed by atoms with Crippen molar-refractivity contribution < 1.29 is 9.90 Å². The molecule has 5 heteroatoms. The summed E-state index contributed by atoms with van der Waals surface area (Å²) in [5.74, 6) is -0.353. The summed E-state index contributed by atoms with van der Waals surface area (Å²) in [5.41, 5.74) is 1.86. The number of pyridine rings is 2. The van der Waals surface area contributed by atoms with Gasteiger partial charge in [0.05, 0.1) is 10.6 Å². The minimum atomic E-state index is -0.355. The molecule has 2 heterocycles. The van der Waals surface area contributed by atoms with E-state index < -0.39 is 0 Å². The SMILES string of the molecule is C=c1cc(CC)c2c(n1)C(=O)c1c(c(C)cc(=O)n1C)C=2O. The van der Waals surface area contributed by atoms with Crippen LogP contribution in [0.4, 0.5) is 0 Å². The van der Waals surface area contributed by atoms with Gasteiger partial charge in [0.15, 0.2) is 0 Å². The van der Waals surface area contributed by atoms with E-state index in [1.807, 2.05) is 6.92 Å². The third-order valence-electron chi connectivity index (χ3n) is 4.08. The molecular weight excluding hydrogens is 280 g/mol. The highest BCUT2D eigenvalue weighted by atomic mass is 16.3. The predicted octanol–water partition coefficient (Wildman–Crippen LogP) is 0.320. The number of aromatic nitrogens is 2. The number of rotatable bonds is 1. The highest BCUT2D eigenvalue weighted by Gasteiger charge is 2.30. The van der Waals surface area contributed by atoms with Crippen LogP contribution in [-0.2, 0) is 13.5 Å². The van der Waals surface area contributed by atoms with Crippen LogP contribution >= 0.6 is 0 Å². The molecule has 22 heavy (non-hydrogen) atoms. The zero-order chi connectivity index (χ0) is 16.2. The van der Waals surface area contributed by atoms with Crippen molar-refractivity contribution in [3.8, 4) is 0 Å². The first-order chi connectivity index (χ1) is 10.4. The highest BCUT2D eigenvalue weighted by Crippen LogP contribution is 2.23. The summed E-state index contributed by atoms with van der Waals surface area (Å²) < 4.78 is 1.26. The summed E-state index contributed by atoms with van der Waals surface area (Å²) in [6, 6.07) is 3.19. The number of nitrogens with zero attached hydrogens (tertiary/aromatic N) is 2. The summed E-state index contributed by atoms with van der Waals surface area (Å²) in [4.78, 5) is 29.0. The van der Waals surface area contributed by atoms with Crippen LogP contribution in [0, 0.1) is 6.92 Å². The van der Waals surface area contributed by atoms with Crippen molar-refractivity contribution in [2.45, 2.75) is 20.3 Å². The normalized spacial score (nSPS) is 13.0. The first kappa shape index (κ1) is 14.3. The Bertz CT molecular complexity index is 1000. The molecule has 1 aliphatic carbocycles. The molecule has 0 aromatic carbocycles. The lowest BCUT2D eigenvalue weighted by Gasteiger charge is -2.20. The van der Waals surface area contributed by atoms with Gasteiger partial charge in [0.25, 0.3) is 5.56 Å². The molecule has 2 aromatic rings. The first-order valence-electron chi connectivity index (χ1n) is 7.04. The van der Waals surface area contributed by atoms with E-state index >= 15 is 0 Å². The van der Waals surface area contributed by atoms with Gasteiger partial charge in [-0.25, -0.2) is 4.98 Å². The minimum Gasteiger partial charge on any atom is -0.507 e. The molecule has 0 atom stereocenters. The van der Waals surface area contributed by atoms with E-state index in [2.05, 4.69) is 11.6 Å². The third-order valence-corrected chi connectivity index (χ3v) is 4.08. The maximum absolute atomic E-state index is 12.8. The molecule has 0 saturated carbocycles. The van der Waals surface area contributed by atoms with Gasteiger partial charge in [0.2, 0.25) is 5.78 Å². The number of hydrogen-bond acceptors (Lipinski definition) is 4. The van der Waals surface area contributed by atoms with Crippen molar-refractivity contribution in [1.82, 2.24) is 9.55 Å². The van der Waals surface area contributed by atoms with Crippen molar-refractivity contribution >= 4 is 18.1 Å². The van der Waals surface area contributed by atoms with Crippen LogP contribution in [0.3, 0.4) is 0 Å². The number of fused-ring (bicyclic) bond motifs is 2. The number of ketones is 1. The van der Waals surface area contributed by atoms with Crippen molar-refractivity contribution in [2.75, 3.05) is 0 Å². The fraction of sp³-hybridized carbons (Fsp3) is 0.235. The van der Waals surface area contributed by atoms with Gasteiger partial charge >= 0.3 is 0 Å². The van der Waals surface area contributed by atoms with Crippen molar-refractivity contribution in [3.05, 3.63) is 61.1 Å². The molecule has 0 bridgehead atoms. The van der Waals surface area contributed by atoms with Crippen LogP contribution in [0.5, 0.6) is 0 Å². The van der Waals surface area contributed by atoms with E-state index in [1.54, 1.807) is 13.0 Å². The van der Waals surface area contributed by atoms with E-state index in [1.165, 1.54) is 17.7 Å². The minimum absolute atomic E-state index is 0.00190. The summed E-state index contributed by atoms with van der Waals surface area (Å²) in [6.07, 6.45) is 0.644. The second-order valence-corrected chi connectivity index (χ2v) is 5.48. The number of carbonyl (C=O) groups excluding carboxylic acids is 1. The molecule has 1 aliphatic rings. The molecule has 0 aliphatic heterocycles. The molecular formula is C17H16N2O3. The fourth-order valence-electron chi connectivity index (χ4n) is 2.99. The van der Waals surface area contributed by atoms with Crippen LogP contribution < -0.4 is 16.1 Å². The van der Waals surface area contributed by atoms with Gasteiger partial charge in [0, 0.05) is 18.7 Å². The van der Waals surface area contributed by atoms with E-state index in [0.29, 0.717) is 28.1 Å². The highest BCUT2D eigenvalue weighted by molar-refractivity contribution is 6.12. The molecule has 5 nitrogen and oxygen atoms in total. The number of carbonyl (C=O) groups is 1. The quantitative estimate of drug-likeness (QED) is 0.822. The Balaban J connectivity index is 2.62. The lowest BCUT2D eigenvalue weighted by Crippen LogP contribution is -2.37. The largest absolute Gasteiger partial charge is 0.507 e. The van der Waals surface area contributed by atoms with Gasteiger partial charge in [0.1, 0.15) is 17.1 Å². The van der Waals surface area contributed by atoms with Gasteiger partial charge in [-0.1, -0.05) is 13.5 Å². The zero-order valence-electron chi connectivity index (χ0n) is 12.7. The van der Waals surface area contributed by atoms with Crippen LogP contribution in [-0.4, -0.2) is 20.4 Å². The van der Waals surface area contributed by atoms with Gasteiger partial charge in [-0.15, -0.1) is 0 Å². The summed E-state index contributed by atoms with van der Waals surface area (Å²) in [5, 5.41) is 11.6. The Kier molecular flexibility index (Phi) is 3.02. The Morgan fingerprint density at radius 3 is 2.64 bits per heavy atom. The van der Waals surface area contributed by atoms with E-state index in [4.69, 9.17) is 0 Å². The van der Waals surface area contributed by atoms with Crippen LogP contribution in [0.15, 0.2) is 16.9 Å². The van der Waals surface area contributed by atoms with E-state index in [9.17, 15) is 14.7 Å². The first-order valence-corrected chi connectivity index (χ1v) is 7.04. The van der Waals surface area contributed by atoms with Crippen molar-refractivity contribution in [1.29, 1.82) is 0 Å². The smallest absolute Gasteiger partial charge is 0.251 e. The lowest BCUT2D eigenvalue weighted by atomic mass is 9.91. The Hall–Kier alpha value is -2.69. The van der Waals surface area contributed by atoms with Gasteiger partial charge in [-0.05, 0) is 30.5 Å². The maximum atomic E-state index is 12.8. The predicted molar refractivity (Wildman–Crippen MR) is 83.4 cm³/mol. The number of aliphatic hydroxyl groups is 1. The molecule has 3 rings (SSSR count). The van der Waals surface area contributed by atoms with E-state index in [-0.39, 0.29) is 28.5 Å². The lowest BCUT2D eigenvalue weighted by molar-refractivity contribution is 0.102. The molecule has 0 fully saturated rings. The molecule has 2 aromatic heterocycles. The topological polar surface area (TPSA) is 72.2 Å². The second kappa shape index (κ2) is 4.66. The Labute approximate surface area is 126 Å². The maximum Gasteiger partial charge on any atom is 0.251 e. The second-order valence-electron chi connectivity index (χ2n) is 5.48. The van der Waals surface area contributed by atoms with Crippen LogP contribution in [0.2, 0.25) is 0 Å². The third kappa shape index (κ3) is 1.75. The standard InChI is InChI=1S/C17H16N2O3/c1-5-10-7-9(3)18-14-13(10)16(21)12-8(2)6-11(20)19(4)15(12)17(14)22/h6-7,21H,3,5H2,1-2,4H3. The molecule has 1 N–H and O–H groups in total. The molecule has 112 valence electrons. The van der Waals surface area contributed by atoms with Gasteiger partial charge in [-0.2, -0.15) is 0 Å². The Morgan fingerprint density at radius 1 is 1.32 bits per heavy atom. The van der Waals surface area contributed by atoms with Gasteiger partial charge < -0.3 is 9.67 Å². The number of hydrogen-bond donors (Lipinski definition) is 1. The molecule has 0 saturated heterocycles. The fourth-order valence-corrected chi connectivity index (χ4v) is 2.99. The zero-order valence-corrected chi connectivity index (χ0v) is 12.7. The summed E-state index contributed by atoms with van der Waals surface area (Å²) >= 11 is 0. The molecule has 0 unspecified atom stereocenters. The Morgan fingerprint density at radius 2 is 2.00 bits per heavy atom. The average molecular weight is 296 g/mol. The van der Waals surface area contributed by atoms with Crippen LogP contribution in [0.25, 0.3) is 12.3 Å². The number of aliphatic hydroxyl groups excluding tert-OH is 1. The van der Waals surface area contributed by atoms with Crippen molar-refractivity contribution in [3.63, 3.8) is 0 Å². The monoisotopic (exact) mass is 296 g/mol. The molecule has 0 radical (unpaired) electrons. The molecule has 0 amide bonds. The van der Waals surface area contributed by atoms with Gasteiger partial charge in [-0.3, -0.25) is 9.59 Å². The van der Waals surface area contributed by atoms with E-state index in [0.717, 1.165) is 5.56 Å². The van der Waals surface area contributed by atoms with Crippen LogP contribution in [0.1, 0.15) is 39.8 Å². The summed E-state index contributed by atoms with van der Waals surface area (Å²) in [6.45, 7) is 7.44. The number of aryl methyl sites for hydroxylation is 2. The van der Waals surface area contributed by atoms with Crippen molar-refractivity contribution in [2.24, 2.45) is 7.05 Å². The average Bonchev–Trinajstić information content (AvgIpc) is 2.47. The molecule has 0 spiro atoms. The summed E-state index contributed by atoms with van der Waals surface area (Å²) in [7, 11) is 1.52.